The van der Waals surface area contributed by atoms with Gasteiger partial charge in [0, 0.05) is 75.7 Å². The van der Waals surface area contributed by atoms with E-state index in [0.717, 1.165) is 143 Å². The van der Waals surface area contributed by atoms with Gasteiger partial charge in [-0.2, -0.15) is 15.8 Å². The highest BCUT2D eigenvalue weighted by atomic mass is 35.5. The van der Waals surface area contributed by atoms with Gasteiger partial charge in [0.2, 0.25) is 0 Å². The Morgan fingerprint density at radius 1 is 0.482 bits per heavy atom. The summed E-state index contributed by atoms with van der Waals surface area (Å²) in [5.41, 5.74) is 13.5. The van der Waals surface area contributed by atoms with Gasteiger partial charge in [0.05, 0.1) is 51.6 Å². The quantitative estimate of drug-likeness (QED) is 0.0294. The number of piperidine rings is 3. The second-order valence-corrected chi connectivity index (χ2v) is 30.8. The van der Waals surface area contributed by atoms with E-state index in [0.29, 0.717) is 94.7 Å². The fraction of sp³-hybridized carbons (Fsp3) is 0.330. The molecule has 16 nitrogen and oxygen atoms in total. The van der Waals surface area contributed by atoms with Gasteiger partial charge in [-0.15, -0.1) is 0 Å². The lowest BCUT2D eigenvalue weighted by atomic mass is 9.79. The first-order valence-electron chi connectivity index (χ1n) is 37.3. The highest BCUT2D eigenvalue weighted by Crippen LogP contribution is 2.39. The van der Waals surface area contributed by atoms with E-state index in [1.165, 1.54) is 11.1 Å². The van der Waals surface area contributed by atoms with E-state index >= 15 is 0 Å². The van der Waals surface area contributed by atoms with E-state index < -0.39 is 12.4 Å². The molecule has 9 aromatic carbocycles. The highest BCUT2D eigenvalue weighted by molar-refractivity contribution is 6.42. The van der Waals surface area contributed by atoms with Crippen molar-refractivity contribution in [1.82, 2.24) is 25.3 Å². The van der Waals surface area contributed by atoms with E-state index in [-0.39, 0.29) is 30.4 Å². The minimum Gasteiger partial charge on any atom is -0.449 e. The number of hydrogen-bond acceptors (Lipinski definition) is 13. The van der Waals surface area contributed by atoms with Crippen molar-refractivity contribution in [2.45, 2.75) is 76.0 Å². The molecule has 9 aromatic rings. The number of nitrogens with one attached hydrogen (secondary N) is 5. The van der Waals surface area contributed by atoms with E-state index in [9.17, 15) is 30.5 Å². The average Bonchev–Trinajstić information content (AvgIpc) is 0.827. The van der Waals surface area contributed by atoms with Gasteiger partial charge in [-0.3, -0.25) is 10.6 Å². The maximum absolute atomic E-state index is 12.8. The van der Waals surface area contributed by atoms with Crippen molar-refractivity contribution in [1.29, 1.82) is 15.8 Å². The summed E-state index contributed by atoms with van der Waals surface area (Å²) in [6.07, 6.45) is 6.15. The van der Waals surface area contributed by atoms with Crippen LogP contribution in [0, 0.1) is 51.7 Å². The molecule has 3 amide bonds. The fourth-order valence-electron chi connectivity index (χ4n) is 14.8. The van der Waals surface area contributed by atoms with Crippen molar-refractivity contribution >= 4 is 98.8 Å². The number of aliphatic hydroxyl groups is 1. The molecule has 110 heavy (non-hydrogen) atoms. The predicted octanol–water partition coefficient (Wildman–Crippen LogP) is 20.7. The molecule has 3 unspecified atom stereocenters. The lowest BCUT2D eigenvalue weighted by molar-refractivity contribution is 0.114. The van der Waals surface area contributed by atoms with Crippen LogP contribution in [0.3, 0.4) is 0 Å². The zero-order valence-corrected chi connectivity index (χ0v) is 66.6. The number of anilines is 3. The van der Waals surface area contributed by atoms with Crippen LogP contribution in [0.1, 0.15) is 103 Å². The number of nitriles is 3. The second kappa shape index (κ2) is 42.6. The number of carbonyl (C=O) groups excluding carboxylic acids is 2. The SMILES string of the molecule is CCCN1CCC(C(COC(=O)Nc2cc(Cl)cc(Cl)c2)c2ccc(-c3cccc(C#N)c3)cc2)CC1.CN1CCC(C(CN[C@@H](O)Nc2ccc(Cl)c(Cl)c2)c2ccc(-c3cccc(C#N)c3)cc2)CC1.COCCN1CCC(C(CNC(=O)Nc2cc(Cl)cc(Cl)c2)c2ccc(-c3cccc(C#N)c3)cc2)CC1. The van der Waals surface area contributed by atoms with Crippen LogP contribution in [0.5, 0.6) is 0 Å². The normalized spacial score (nSPS) is 15.5. The summed E-state index contributed by atoms with van der Waals surface area (Å²) in [7, 11) is 3.90. The Morgan fingerprint density at radius 3 is 1.34 bits per heavy atom. The van der Waals surface area contributed by atoms with Crippen molar-refractivity contribution < 1.29 is 24.2 Å². The van der Waals surface area contributed by atoms with E-state index in [2.05, 4.69) is 146 Å². The number of ether oxygens (including phenoxy) is 2. The van der Waals surface area contributed by atoms with Crippen LogP contribution >= 0.6 is 69.6 Å². The molecule has 12 rings (SSSR count). The molecular formula is C88H93Cl6N11O5. The lowest BCUT2D eigenvalue weighted by Crippen LogP contribution is -2.41. The van der Waals surface area contributed by atoms with Crippen molar-refractivity contribution in [3.8, 4) is 51.6 Å². The van der Waals surface area contributed by atoms with Gasteiger partial charge in [0.15, 0.2) is 6.35 Å². The smallest absolute Gasteiger partial charge is 0.411 e. The Hall–Kier alpha value is -8.71. The number of methoxy groups -OCH3 is 1. The molecule has 0 aromatic heterocycles. The largest absolute Gasteiger partial charge is 0.449 e. The standard InChI is InChI=1S/C30H32Cl2N4O2.C30H31Cl2N3O2.C28H30Cl2N4O/c1-38-14-13-36-11-9-24(10-12-36)29(20-34-30(37)35-28-17-26(31)16-27(32)18-28)23-7-5-22(6-8-23)25-4-2-3-21(15-25)19-33;1-2-12-35-13-10-24(11-14-35)29(20-37-30(36)34-28-17-26(31)16-27(32)18-28)23-8-6-22(7-9-23)25-5-3-4-21(15-25)19-33;1-34-13-11-22(12-14-34)25(18-32-28(35)33-24-9-10-26(29)27(30)16-24)21-7-5-20(6-8-21)23-4-2-3-19(15-23)17-31/h2-8,15-18,24,29H,9-14,20H2,1H3,(H2,34,35,37);3-9,15-18,24,29H,2,10-14,20H2,1H3,(H,34,36);2-10,15-16,22,25,28,32-33,35H,11-14,18H2,1H3/t;;25?,28-/m..1/s1. The molecule has 3 fully saturated rings. The molecule has 0 bridgehead atoms. The van der Waals surface area contributed by atoms with Gasteiger partial charge in [-0.05, 0) is 263 Å². The van der Waals surface area contributed by atoms with Crippen LogP contribution in [-0.2, 0) is 9.47 Å². The maximum Gasteiger partial charge on any atom is 0.411 e. The molecule has 3 heterocycles. The molecule has 0 aliphatic carbocycles. The molecule has 6 N–H and O–H groups in total. The molecule has 572 valence electrons. The van der Waals surface area contributed by atoms with E-state index in [4.69, 9.17) is 79.1 Å². The molecule has 22 heteroatoms. The van der Waals surface area contributed by atoms with Gasteiger partial charge in [0.25, 0.3) is 0 Å². The summed E-state index contributed by atoms with van der Waals surface area (Å²) in [5.74, 6) is 1.86. The Kier molecular flexibility index (Phi) is 32.5. The van der Waals surface area contributed by atoms with Crippen molar-refractivity contribution in [3.63, 3.8) is 0 Å². The number of rotatable bonds is 25. The topological polar surface area (TPSA) is 214 Å². The highest BCUT2D eigenvalue weighted by Gasteiger charge is 2.32. The van der Waals surface area contributed by atoms with Gasteiger partial charge >= 0.3 is 12.1 Å². The van der Waals surface area contributed by atoms with Crippen molar-refractivity contribution in [2.24, 2.45) is 17.8 Å². The van der Waals surface area contributed by atoms with Gasteiger partial charge < -0.3 is 45.2 Å². The molecule has 3 saturated heterocycles. The number of nitrogens with zero attached hydrogens (tertiary/aromatic N) is 6. The number of benzene rings is 9. The molecular weight excluding hydrogens is 1500 g/mol. The minimum atomic E-state index is -0.922. The monoisotopic (exact) mass is 1590 g/mol. The van der Waals surface area contributed by atoms with Crippen molar-refractivity contribution in [3.05, 3.63) is 264 Å². The zero-order chi connectivity index (χ0) is 77.9. The molecule has 0 saturated carbocycles. The van der Waals surface area contributed by atoms with Crippen LogP contribution in [-0.4, -0.2) is 131 Å². The number of likely N-dealkylation sites (tertiary alicyclic amines) is 3. The Morgan fingerprint density at radius 2 is 0.900 bits per heavy atom. The van der Waals surface area contributed by atoms with Gasteiger partial charge in [-0.25, -0.2) is 9.59 Å². The summed E-state index contributed by atoms with van der Waals surface area (Å²) in [6, 6.07) is 69.7. The number of urea groups is 1. The van der Waals surface area contributed by atoms with Crippen LogP contribution in [0.25, 0.3) is 33.4 Å². The number of carbonyl (C=O) groups is 2. The van der Waals surface area contributed by atoms with Crippen LogP contribution < -0.4 is 26.6 Å². The number of amides is 3. The Balaban J connectivity index is 0.000000176. The summed E-state index contributed by atoms with van der Waals surface area (Å²) in [4.78, 5) is 32.7. The third-order valence-corrected chi connectivity index (χ3v) is 22.3. The minimum absolute atomic E-state index is 0.0805. The van der Waals surface area contributed by atoms with E-state index in [1.54, 1.807) is 73.8 Å². The fourth-order valence-corrected chi connectivity index (χ4v) is 16.1. The van der Waals surface area contributed by atoms with Crippen LogP contribution in [0.4, 0.5) is 26.7 Å². The van der Waals surface area contributed by atoms with Crippen LogP contribution in [0.2, 0.25) is 30.1 Å². The average molecular weight is 1600 g/mol. The summed E-state index contributed by atoms with van der Waals surface area (Å²) >= 11 is 36.4. The Labute approximate surface area is 677 Å². The second-order valence-electron chi connectivity index (χ2n) is 28.2. The zero-order valence-electron chi connectivity index (χ0n) is 62.1. The third-order valence-electron chi connectivity index (χ3n) is 20.7. The third kappa shape index (κ3) is 25.4. The van der Waals surface area contributed by atoms with Crippen molar-refractivity contribution in [2.75, 3.05) is 109 Å². The predicted molar refractivity (Wildman–Crippen MR) is 448 cm³/mol. The molecule has 3 aliphatic heterocycles. The van der Waals surface area contributed by atoms with E-state index in [1.807, 2.05) is 60.7 Å². The first-order valence-corrected chi connectivity index (χ1v) is 39.6. The summed E-state index contributed by atoms with van der Waals surface area (Å²) in [5, 5.41) is 56.0. The molecule has 0 radical (unpaired) electrons. The van der Waals surface area contributed by atoms with Gasteiger partial charge in [0.1, 0.15) is 6.61 Å². The summed E-state index contributed by atoms with van der Waals surface area (Å²) in [6.45, 7) is 12.7. The molecule has 4 atom stereocenters. The number of hydrogen-bond donors (Lipinski definition) is 6. The van der Waals surface area contributed by atoms with Gasteiger partial charge in [-0.1, -0.05) is 186 Å². The molecule has 0 spiro atoms. The molecule has 3 aliphatic rings. The Bertz CT molecular complexity index is 4570. The maximum atomic E-state index is 12.8. The first-order chi connectivity index (χ1) is 53.3. The first kappa shape index (κ1) is 83.8. The number of aliphatic hydroxyl groups excluding tert-OH is 1. The lowest BCUT2D eigenvalue weighted by Gasteiger charge is -2.36. The summed E-state index contributed by atoms with van der Waals surface area (Å²) < 4.78 is 11.0. The number of halogens is 6. The van der Waals surface area contributed by atoms with Crippen LogP contribution in [0.15, 0.2) is 200 Å².